The Balaban J connectivity index is 2.02. The predicted molar refractivity (Wildman–Crippen MR) is 75.7 cm³/mol. The molecule has 19 heavy (non-hydrogen) atoms. The van der Waals surface area contributed by atoms with Crippen molar-refractivity contribution in [3.63, 3.8) is 0 Å². The molecule has 2 heteroatoms. The average molecular weight is 255 g/mol. The quantitative estimate of drug-likeness (QED) is 0.855. The van der Waals surface area contributed by atoms with E-state index in [1.54, 1.807) is 12.1 Å². The summed E-state index contributed by atoms with van der Waals surface area (Å²) >= 11 is 0. The highest BCUT2D eigenvalue weighted by Gasteiger charge is 2.26. The third-order valence-electron chi connectivity index (χ3n) is 4.11. The van der Waals surface area contributed by atoms with Gasteiger partial charge in [-0.2, -0.15) is 0 Å². The summed E-state index contributed by atoms with van der Waals surface area (Å²) in [5.41, 5.74) is 3.97. The van der Waals surface area contributed by atoms with Crippen LogP contribution < -0.4 is 5.32 Å². The molecule has 0 saturated heterocycles. The van der Waals surface area contributed by atoms with E-state index in [4.69, 9.17) is 0 Å². The summed E-state index contributed by atoms with van der Waals surface area (Å²) in [5, 5.41) is 3.38. The predicted octanol–water partition coefficient (Wildman–Crippen LogP) is 4.01. The smallest absolute Gasteiger partial charge is 0.123 e. The Morgan fingerprint density at radius 2 is 1.63 bits per heavy atom. The lowest BCUT2D eigenvalue weighted by Crippen LogP contribution is -2.24. The van der Waals surface area contributed by atoms with E-state index in [1.807, 2.05) is 19.2 Å². The Morgan fingerprint density at radius 1 is 0.947 bits per heavy atom. The highest BCUT2D eigenvalue weighted by atomic mass is 19.1. The van der Waals surface area contributed by atoms with Gasteiger partial charge in [0.25, 0.3) is 0 Å². The van der Waals surface area contributed by atoms with Crippen molar-refractivity contribution in [3.05, 3.63) is 71.0 Å². The SMILES string of the molecule is CN[C@@H]1CC[C@H](c2ccc(F)cc2)c2ccccc21. The zero-order valence-electron chi connectivity index (χ0n) is 11.1. The Bertz CT molecular complexity index is 562. The molecule has 0 saturated carbocycles. The second kappa shape index (κ2) is 5.14. The van der Waals surface area contributed by atoms with Crippen molar-refractivity contribution in [1.29, 1.82) is 0 Å². The van der Waals surface area contributed by atoms with Gasteiger partial charge in [-0.1, -0.05) is 36.4 Å². The minimum Gasteiger partial charge on any atom is -0.313 e. The molecule has 98 valence electrons. The number of benzene rings is 2. The minimum atomic E-state index is -0.166. The van der Waals surface area contributed by atoms with Gasteiger partial charge in [-0.05, 0) is 48.7 Å². The van der Waals surface area contributed by atoms with Gasteiger partial charge in [-0.15, -0.1) is 0 Å². The van der Waals surface area contributed by atoms with Gasteiger partial charge in [0.05, 0.1) is 0 Å². The van der Waals surface area contributed by atoms with Gasteiger partial charge in [0.2, 0.25) is 0 Å². The van der Waals surface area contributed by atoms with Crippen molar-refractivity contribution in [2.75, 3.05) is 7.05 Å². The van der Waals surface area contributed by atoms with E-state index in [9.17, 15) is 4.39 Å². The van der Waals surface area contributed by atoms with Crippen molar-refractivity contribution < 1.29 is 4.39 Å². The van der Waals surface area contributed by atoms with Gasteiger partial charge < -0.3 is 5.32 Å². The molecule has 2 atom stereocenters. The Labute approximate surface area is 113 Å². The molecule has 0 fully saturated rings. The second-order valence-corrected chi connectivity index (χ2v) is 5.15. The summed E-state index contributed by atoms with van der Waals surface area (Å²) in [6.45, 7) is 0. The molecule has 2 aromatic carbocycles. The summed E-state index contributed by atoms with van der Waals surface area (Å²) in [6.07, 6.45) is 2.23. The molecule has 1 aliphatic rings. The lowest BCUT2D eigenvalue weighted by Gasteiger charge is -2.31. The van der Waals surface area contributed by atoms with E-state index in [2.05, 4.69) is 29.6 Å². The van der Waals surface area contributed by atoms with Crippen LogP contribution in [0.4, 0.5) is 4.39 Å². The van der Waals surface area contributed by atoms with Gasteiger partial charge in [0.1, 0.15) is 5.82 Å². The summed E-state index contributed by atoms with van der Waals surface area (Å²) in [6, 6.07) is 16.0. The first-order valence-electron chi connectivity index (χ1n) is 6.81. The highest BCUT2D eigenvalue weighted by molar-refractivity contribution is 5.41. The van der Waals surface area contributed by atoms with Crippen LogP contribution in [-0.2, 0) is 0 Å². The van der Waals surface area contributed by atoms with Crippen LogP contribution in [0.3, 0.4) is 0 Å². The number of rotatable bonds is 2. The first-order chi connectivity index (χ1) is 9.29. The number of nitrogens with one attached hydrogen (secondary N) is 1. The van der Waals surface area contributed by atoms with Gasteiger partial charge in [0.15, 0.2) is 0 Å². The van der Waals surface area contributed by atoms with Crippen LogP contribution in [0, 0.1) is 5.82 Å². The molecular formula is C17H18FN. The molecule has 1 aliphatic carbocycles. The van der Waals surface area contributed by atoms with Crippen LogP contribution in [0.15, 0.2) is 48.5 Å². The van der Waals surface area contributed by atoms with Gasteiger partial charge in [0, 0.05) is 12.0 Å². The van der Waals surface area contributed by atoms with Gasteiger partial charge in [-0.3, -0.25) is 0 Å². The van der Waals surface area contributed by atoms with Crippen molar-refractivity contribution >= 4 is 0 Å². The molecule has 1 N–H and O–H groups in total. The Kier molecular flexibility index (Phi) is 3.34. The molecule has 0 spiro atoms. The molecule has 2 aromatic rings. The molecule has 0 bridgehead atoms. The number of halogens is 1. The van der Waals surface area contributed by atoms with Crippen LogP contribution in [0.5, 0.6) is 0 Å². The number of fused-ring (bicyclic) bond motifs is 1. The number of hydrogen-bond donors (Lipinski definition) is 1. The lowest BCUT2D eigenvalue weighted by atomic mass is 9.77. The monoisotopic (exact) mass is 255 g/mol. The Hall–Kier alpha value is -1.67. The maximum absolute atomic E-state index is 13.1. The molecule has 0 amide bonds. The molecular weight excluding hydrogens is 237 g/mol. The van der Waals surface area contributed by atoms with Crippen molar-refractivity contribution in [3.8, 4) is 0 Å². The fraction of sp³-hybridized carbons (Fsp3) is 0.294. The second-order valence-electron chi connectivity index (χ2n) is 5.15. The topological polar surface area (TPSA) is 12.0 Å². The summed E-state index contributed by atoms with van der Waals surface area (Å²) in [5.74, 6) is 0.224. The Morgan fingerprint density at radius 3 is 2.32 bits per heavy atom. The van der Waals surface area contributed by atoms with E-state index in [1.165, 1.54) is 16.7 Å². The summed E-state index contributed by atoms with van der Waals surface area (Å²) in [7, 11) is 2.01. The van der Waals surface area contributed by atoms with Crippen molar-refractivity contribution in [2.24, 2.45) is 0 Å². The van der Waals surface area contributed by atoms with Crippen molar-refractivity contribution in [1.82, 2.24) is 5.32 Å². The van der Waals surface area contributed by atoms with Gasteiger partial charge >= 0.3 is 0 Å². The minimum absolute atomic E-state index is 0.166. The molecule has 1 nitrogen and oxygen atoms in total. The molecule has 0 heterocycles. The average Bonchev–Trinajstić information content (AvgIpc) is 2.47. The van der Waals surface area contributed by atoms with Gasteiger partial charge in [-0.25, -0.2) is 4.39 Å². The first-order valence-corrected chi connectivity index (χ1v) is 6.81. The molecule has 0 aliphatic heterocycles. The zero-order valence-corrected chi connectivity index (χ0v) is 11.1. The fourth-order valence-electron chi connectivity index (χ4n) is 3.13. The standard InChI is InChI=1S/C17H18FN/c1-19-17-11-10-14(12-6-8-13(18)9-7-12)15-4-2-3-5-16(15)17/h2-9,14,17,19H,10-11H2,1H3/t14-,17-/m1/s1. The first kappa shape index (κ1) is 12.4. The highest BCUT2D eigenvalue weighted by Crippen LogP contribution is 2.40. The fourth-order valence-corrected chi connectivity index (χ4v) is 3.13. The molecule has 0 unspecified atom stereocenters. The van der Waals surface area contributed by atoms with Crippen LogP contribution in [-0.4, -0.2) is 7.05 Å². The summed E-state index contributed by atoms with van der Waals surface area (Å²) in [4.78, 5) is 0. The van der Waals surface area contributed by atoms with Crippen LogP contribution >= 0.6 is 0 Å². The van der Waals surface area contributed by atoms with Crippen LogP contribution in [0.1, 0.15) is 41.5 Å². The van der Waals surface area contributed by atoms with E-state index >= 15 is 0 Å². The van der Waals surface area contributed by atoms with Crippen molar-refractivity contribution in [2.45, 2.75) is 24.8 Å². The molecule has 3 rings (SSSR count). The van der Waals surface area contributed by atoms with E-state index < -0.39 is 0 Å². The molecule has 0 aromatic heterocycles. The normalized spacial score (nSPS) is 22.0. The largest absolute Gasteiger partial charge is 0.313 e. The van der Waals surface area contributed by atoms with Crippen LogP contribution in [0.2, 0.25) is 0 Å². The van der Waals surface area contributed by atoms with E-state index in [-0.39, 0.29) is 5.82 Å². The third kappa shape index (κ3) is 2.28. The van der Waals surface area contributed by atoms with E-state index in [0.29, 0.717) is 12.0 Å². The van der Waals surface area contributed by atoms with E-state index in [0.717, 1.165) is 12.8 Å². The zero-order chi connectivity index (χ0) is 13.2. The summed E-state index contributed by atoms with van der Waals surface area (Å²) < 4.78 is 13.1. The molecule has 0 radical (unpaired) electrons. The lowest BCUT2D eigenvalue weighted by molar-refractivity contribution is 0.470. The third-order valence-corrected chi connectivity index (χ3v) is 4.11. The maximum Gasteiger partial charge on any atom is 0.123 e. The maximum atomic E-state index is 13.1. The van der Waals surface area contributed by atoms with Crippen LogP contribution in [0.25, 0.3) is 0 Å². The number of hydrogen-bond acceptors (Lipinski definition) is 1.